The van der Waals surface area contributed by atoms with Gasteiger partial charge in [0.1, 0.15) is 0 Å². The summed E-state index contributed by atoms with van der Waals surface area (Å²) in [5.41, 5.74) is 3.13. The summed E-state index contributed by atoms with van der Waals surface area (Å²) in [5.74, 6) is -0.573. The SMILES string of the molecule is COc1ccc(-c2ccc3c(=O)n(CC[C@](C)(C(=O)NO)S(C)(=O)=O)cnc3c2)cn1. The van der Waals surface area contributed by atoms with E-state index in [-0.39, 0.29) is 18.5 Å². The number of sulfone groups is 1. The topological polar surface area (TPSA) is 140 Å². The van der Waals surface area contributed by atoms with Crippen molar-refractivity contribution in [2.75, 3.05) is 13.4 Å². The lowest BCUT2D eigenvalue weighted by Crippen LogP contribution is -2.50. The Labute approximate surface area is 178 Å². The lowest BCUT2D eigenvalue weighted by molar-refractivity contribution is -0.131. The highest BCUT2D eigenvalue weighted by atomic mass is 32.2. The number of hydrogen-bond donors (Lipinski definition) is 2. The van der Waals surface area contributed by atoms with Gasteiger partial charge < -0.3 is 4.74 Å². The number of hydrogen-bond acceptors (Lipinski definition) is 8. The zero-order valence-electron chi connectivity index (χ0n) is 17.2. The minimum Gasteiger partial charge on any atom is -0.481 e. The van der Waals surface area contributed by atoms with Gasteiger partial charge in [-0.25, -0.2) is 23.9 Å². The first-order valence-corrected chi connectivity index (χ1v) is 11.1. The van der Waals surface area contributed by atoms with Crippen LogP contribution in [0.4, 0.5) is 0 Å². The Hall–Kier alpha value is -3.31. The van der Waals surface area contributed by atoms with E-state index in [1.807, 2.05) is 6.07 Å². The van der Waals surface area contributed by atoms with Crippen molar-refractivity contribution in [3.8, 4) is 17.0 Å². The summed E-state index contributed by atoms with van der Waals surface area (Å²) in [5, 5.41) is 9.27. The highest BCUT2D eigenvalue weighted by molar-refractivity contribution is 7.92. The van der Waals surface area contributed by atoms with Gasteiger partial charge in [-0.15, -0.1) is 0 Å². The standard InChI is InChI=1S/C20H22N4O6S/c1-20(19(26)23-27,31(3,28)29)8-9-24-12-22-16-10-13(4-6-15(16)18(24)25)14-5-7-17(30-2)21-11-14/h4-7,10-12,27H,8-9H2,1-3H3,(H,23,26)/t20-/m1/s1. The van der Waals surface area contributed by atoms with E-state index in [0.29, 0.717) is 16.8 Å². The molecule has 1 amide bonds. The van der Waals surface area contributed by atoms with Crippen LogP contribution in [-0.2, 0) is 21.2 Å². The maximum Gasteiger partial charge on any atom is 0.264 e. The lowest BCUT2D eigenvalue weighted by Gasteiger charge is -2.25. The molecule has 0 spiro atoms. The lowest BCUT2D eigenvalue weighted by atomic mass is 10.1. The molecular weight excluding hydrogens is 424 g/mol. The maximum atomic E-state index is 12.9. The molecule has 2 N–H and O–H groups in total. The molecule has 10 nitrogen and oxygen atoms in total. The van der Waals surface area contributed by atoms with Crippen molar-refractivity contribution >= 4 is 26.6 Å². The second kappa shape index (κ2) is 8.44. The van der Waals surface area contributed by atoms with Crippen LogP contribution in [0.1, 0.15) is 13.3 Å². The minimum absolute atomic E-state index is 0.0804. The molecule has 0 unspecified atom stereocenters. The average molecular weight is 446 g/mol. The molecule has 3 rings (SSSR count). The Morgan fingerprint density at radius 2 is 1.94 bits per heavy atom. The van der Waals surface area contributed by atoms with Crippen LogP contribution in [0.5, 0.6) is 5.88 Å². The first kappa shape index (κ1) is 22.4. The number of carbonyl (C=O) groups excluding carboxylic acids is 1. The number of ether oxygens (including phenoxy) is 1. The van der Waals surface area contributed by atoms with Gasteiger partial charge in [-0.05, 0) is 37.1 Å². The molecule has 0 aliphatic heterocycles. The number of methoxy groups -OCH3 is 1. The number of benzene rings is 1. The number of carbonyl (C=O) groups is 1. The van der Waals surface area contributed by atoms with Crippen LogP contribution in [0.3, 0.4) is 0 Å². The van der Waals surface area contributed by atoms with Crippen molar-refractivity contribution < 1.29 is 23.2 Å². The molecule has 164 valence electrons. The third-order valence-electron chi connectivity index (χ3n) is 5.33. The number of pyridine rings is 1. The molecular formula is C20H22N4O6S. The Morgan fingerprint density at radius 1 is 1.23 bits per heavy atom. The van der Waals surface area contributed by atoms with Crippen LogP contribution < -0.4 is 15.8 Å². The van der Waals surface area contributed by atoms with E-state index in [1.165, 1.54) is 30.4 Å². The molecule has 3 aromatic rings. The number of amides is 1. The number of aryl methyl sites for hydroxylation is 1. The first-order chi connectivity index (χ1) is 14.6. The molecule has 11 heteroatoms. The minimum atomic E-state index is -3.87. The molecule has 31 heavy (non-hydrogen) atoms. The molecule has 0 aliphatic rings. The molecule has 2 heterocycles. The van der Waals surface area contributed by atoms with Gasteiger partial charge in [0.25, 0.3) is 11.5 Å². The van der Waals surface area contributed by atoms with E-state index >= 15 is 0 Å². The van der Waals surface area contributed by atoms with Crippen LogP contribution in [0, 0.1) is 0 Å². The third kappa shape index (κ3) is 4.28. The summed E-state index contributed by atoms with van der Waals surface area (Å²) in [6.45, 7) is 1.12. The number of hydroxylamine groups is 1. The third-order valence-corrected chi connectivity index (χ3v) is 7.36. The van der Waals surface area contributed by atoms with E-state index in [0.717, 1.165) is 17.4 Å². The molecule has 2 aromatic heterocycles. The fourth-order valence-corrected chi connectivity index (χ4v) is 3.93. The largest absolute Gasteiger partial charge is 0.481 e. The van der Waals surface area contributed by atoms with Crippen molar-refractivity contribution in [3.05, 3.63) is 53.2 Å². The Balaban J connectivity index is 1.92. The fourth-order valence-electron chi connectivity index (χ4n) is 3.09. The average Bonchev–Trinajstić information content (AvgIpc) is 2.76. The van der Waals surface area contributed by atoms with Gasteiger partial charge in [-0.2, -0.15) is 0 Å². The van der Waals surface area contributed by atoms with Crippen molar-refractivity contribution in [1.29, 1.82) is 0 Å². The summed E-state index contributed by atoms with van der Waals surface area (Å²) in [4.78, 5) is 33.3. The highest BCUT2D eigenvalue weighted by Crippen LogP contribution is 2.24. The number of nitrogens with one attached hydrogen (secondary N) is 1. The van der Waals surface area contributed by atoms with E-state index in [9.17, 15) is 18.0 Å². The summed E-state index contributed by atoms with van der Waals surface area (Å²) in [6, 6.07) is 8.72. The van der Waals surface area contributed by atoms with Gasteiger partial charge >= 0.3 is 0 Å². The van der Waals surface area contributed by atoms with Gasteiger partial charge in [0.2, 0.25) is 5.88 Å². The summed E-state index contributed by atoms with van der Waals surface area (Å²) < 4.78 is 28.6. The Morgan fingerprint density at radius 3 is 2.52 bits per heavy atom. The van der Waals surface area contributed by atoms with Crippen LogP contribution in [-0.4, -0.2) is 52.2 Å². The number of aromatic nitrogens is 3. The predicted octanol–water partition coefficient (Wildman–Crippen LogP) is 1.17. The zero-order valence-corrected chi connectivity index (χ0v) is 18.0. The summed E-state index contributed by atoms with van der Waals surface area (Å²) >= 11 is 0. The van der Waals surface area contributed by atoms with Gasteiger partial charge in [-0.3, -0.25) is 19.4 Å². The Bertz CT molecular complexity index is 1290. The van der Waals surface area contributed by atoms with Crippen LogP contribution >= 0.6 is 0 Å². The van der Waals surface area contributed by atoms with Crippen LogP contribution in [0.2, 0.25) is 0 Å². The monoisotopic (exact) mass is 446 g/mol. The van der Waals surface area contributed by atoms with E-state index in [2.05, 4.69) is 9.97 Å². The molecule has 0 bridgehead atoms. The quantitative estimate of drug-likeness (QED) is 0.407. The van der Waals surface area contributed by atoms with Crippen LogP contribution in [0.25, 0.3) is 22.0 Å². The number of rotatable bonds is 7. The van der Waals surface area contributed by atoms with E-state index < -0.39 is 20.5 Å². The molecule has 0 saturated heterocycles. The molecule has 1 atom stereocenters. The predicted molar refractivity (Wildman–Crippen MR) is 114 cm³/mol. The summed E-state index contributed by atoms with van der Waals surface area (Å²) in [7, 11) is -2.34. The van der Waals surface area contributed by atoms with Gasteiger partial charge in [0.05, 0.1) is 24.3 Å². The number of nitrogens with zero attached hydrogens (tertiary/aromatic N) is 3. The fraction of sp³-hybridized carbons (Fsp3) is 0.300. The summed E-state index contributed by atoms with van der Waals surface area (Å²) in [6.07, 6.45) is 3.64. The second-order valence-corrected chi connectivity index (χ2v) is 9.70. The van der Waals surface area contributed by atoms with Crippen molar-refractivity contribution in [2.24, 2.45) is 0 Å². The van der Waals surface area contributed by atoms with Crippen molar-refractivity contribution in [3.63, 3.8) is 0 Å². The van der Waals surface area contributed by atoms with E-state index in [4.69, 9.17) is 9.94 Å². The normalized spacial score (nSPS) is 13.5. The zero-order chi connectivity index (χ0) is 22.8. The van der Waals surface area contributed by atoms with Crippen LogP contribution in [0.15, 0.2) is 47.7 Å². The highest BCUT2D eigenvalue weighted by Gasteiger charge is 2.43. The molecule has 0 aliphatic carbocycles. The van der Waals surface area contributed by atoms with Crippen molar-refractivity contribution in [2.45, 2.75) is 24.6 Å². The van der Waals surface area contributed by atoms with Gasteiger partial charge in [0, 0.05) is 30.6 Å². The second-order valence-electron chi connectivity index (χ2n) is 7.26. The van der Waals surface area contributed by atoms with Crippen molar-refractivity contribution in [1.82, 2.24) is 20.0 Å². The first-order valence-electron chi connectivity index (χ1n) is 9.24. The molecule has 0 fully saturated rings. The van der Waals surface area contributed by atoms with Gasteiger partial charge in [0.15, 0.2) is 14.6 Å². The smallest absolute Gasteiger partial charge is 0.264 e. The maximum absolute atomic E-state index is 12.9. The van der Waals surface area contributed by atoms with E-state index in [1.54, 1.807) is 30.5 Å². The molecule has 0 saturated carbocycles. The Kier molecular flexibility index (Phi) is 6.09. The molecule has 0 radical (unpaired) electrons. The number of fused-ring (bicyclic) bond motifs is 1. The molecule has 1 aromatic carbocycles. The van der Waals surface area contributed by atoms with Gasteiger partial charge in [-0.1, -0.05) is 6.07 Å².